The van der Waals surface area contributed by atoms with Gasteiger partial charge in [0.05, 0.1) is 7.11 Å². The molecule has 8 nitrogen and oxygen atoms in total. The zero-order chi connectivity index (χ0) is 21.4. The summed E-state index contributed by atoms with van der Waals surface area (Å²) < 4.78 is 15.5. The molecule has 0 saturated heterocycles. The van der Waals surface area contributed by atoms with Gasteiger partial charge < -0.3 is 19.5 Å². The van der Waals surface area contributed by atoms with Crippen LogP contribution in [0.15, 0.2) is 42.5 Å². The number of hydrogen-bond acceptors (Lipinski definition) is 7. The molecule has 29 heavy (non-hydrogen) atoms. The summed E-state index contributed by atoms with van der Waals surface area (Å²) >= 11 is 0. The first-order chi connectivity index (χ1) is 13.8. The minimum atomic E-state index is -1.08. The van der Waals surface area contributed by atoms with Gasteiger partial charge in [0, 0.05) is 16.8 Å². The number of hydrogen-bond donors (Lipinski definition) is 1. The van der Waals surface area contributed by atoms with Crippen LogP contribution in [0.2, 0.25) is 0 Å². The molecule has 2 aromatic rings. The van der Waals surface area contributed by atoms with Crippen molar-refractivity contribution in [3.8, 4) is 11.5 Å². The summed E-state index contributed by atoms with van der Waals surface area (Å²) in [5, 5.41) is 2.58. The monoisotopic (exact) mass is 399 g/mol. The second-order valence-electron chi connectivity index (χ2n) is 6.08. The number of esters is 1. The fourth-order valence-corrected chi connectivity index (χ4v) is 2.36. The Morgan fingerprint density at radius 2 is 1.86 bits per heavy atom. The molecule has 0 unspecified atom stereocenters. The topological polar surface area (TPSA) is 108 Å². The average Bonchev–Trinajstić information content (AvgIpc) is 2.72. The van der Waals surface area contributed by atoms with Crippen LogP contribution >= 0.6 is 0 Å². The van der Waals surface area contributed by atoms with Gasteiger partial charge in [0.1, 0.15) is 6.29 Å². The first kappa shape index (κ1) is 21.6. The highest BCUT2D eigenvalue weighted by atomic mass is 16.6. The van der Waals surface area contributed by atoms with Gasteiger partial charge in [-0.25, -0.2) is 4.79 Å². The predicted molar refractivity (Wildman–Crippen MR) is 105 cm³/mol. The van der Waals surface area contributed by atoms with Crippen LogP contribution in [0.25, 0.3) is 0 Å². The van der Waals surface area contributed by atoms with Crippen molar-refractivity contribution in [3.05, 3.63) is 53.6 Å². The number of ether oxygens (including phenoxy) is 3. The van der Waals surface area contributed by atoms with E-state index in [9.17, 15) is 19.2 Å². The Bertz CT molecular complexity index is 923. The van der Waals surface area contributed by atoms with Gasteiger partial charge in [0.2, 0.25) is 0 Å². The first-order valence-corrected chi connectivity index (χ1v) is 8.71. The maximum Gasteiger partial charge on any atom is 0.344 e. The summed E-state index contributed by atoms with van der Waals surface area (Å²) in [5.41, 5.74) is 1.27. The zero-order valence-electron chi connectivity index (χ0n) is 16.3. The summed E-state index contributed by atoms with van der Waals surface area (Å²) in [5.74, 6) is -0.889. The average molecular weight is 399 g/mol. The van der Waals surface area contributed by atoms with Crippen molar-refractivity contribution in [3.63, 3.8) is 0 Å². The van der Waals surface area contributed by atoms with E-state index in [1.807, 2.05) is 0 Å². The highest BCUT2D eigenvalue weighted by molar-refractivity contribution is 5.98. The second kappa shape index (κ2) is 10.0. The van der Waals surface area contributed by atoms with E-state index < -0.39 is 24.6 Å². The number of Topliss-reactive ketones (excluding diaryl/α,β-unsaturated/α-hetero) is 1. The number of rotatable bonds is 9. The summed E-state index contributed by atoms with van der Waals surface area (Å²) in [6.07, 6.45) is -0.418. The Morgan fingerprint density at radius 3 is 2.52 bits per heavy atom. The van der Waals surface area contributed by atoms with E-state index in [-0.39, 0.29) is 11.5 Å². The van der Waals surface area contributed by atoms with Crippen LogP contribution in [0.1, 0.15) is 34.6 Å². The lowest BCUT2D eigenvalue weighted by Gasteiger charge is -2.15. The fraction of sp³-hybridized carbons (Fsp3) is 0.238. The molecule has 0 fully saturated rings. The highest BCUT2D eigenvalue weighted by Crippen LogP contribution is 2.27. The summed E-state index contributed by atoms with van der Waals surface area (Å²) in [4.78, 5) is 46.4. The number of aldehydes is 1. The third-order valence-corrected chi connectivity index (χ3v) is 3.88. The molecule has 0 aromatic heterocycles. The van der Waals surface area contributed by atoms with E-state index in [4.69, 9.17) is 14.2 Å². The molecule has 2 rings (SSSR count). The SMILES string of the molecule is COc1cc(C=O)ccc1OCC(=O)O[C@@H](C)C(=O)Nc1cccc(C(C)=O)c1. The normalized spacial score (nSPS) is 11.1. The van der Waals surface area contributed by atoms with E-state index in [0.29, 0.717) is 28.8 Å². The molecule has 152 valence electrons. The van der Waals surface area contributed by atoms with Crippen LogP contribution in [-0.4, -0.2) is 43.8 Å². The van der Waals surface area contributed by atoms with Crippen LogP contribution in [0, 0.1) is 0 Å². The van der Waals surface area contributed by atoms with Crippen molar-refractivity contribution in [2.45, 2.75) is 20.0 Å². The minimum absolute atomic E-state index is 0.130. The number of methoxy groups -OCH3 is 1. The predicted octanol–water partition coefficient (Wildman–Crippen LogP) is 2.66. The third kappa shape index (κ3) is 6.17. The number of ketones is 1. The van der Waals surface area contributed by atoms with Crippen molar-refractivity contribution < 1.29 is 33.4 Å². The Morgan fingerprint density at radius 1 is 1.10 bits per heavy atom. The molecule has 0 heterocycles. The molecule has 0 aliphatic carbocycles. The molecule has 0 spiro atoms. The summed E-state index contributed by atoms with van der Waals surface area (Å²) in [6, 6.07) is 10.9. The molecule has 8 heteroatoms. The summed E-state index contributed by atoms with van der Waals surface area (Å²) in [7, 11) is 1.41. The maximum atomic E-state index is 12.2. The number of carbonyl (C=O) groups excluding carboxylic acids is 4. The van der Waals surface area contributed by atoms with Gasteiger partial charge in [0.15, 0.2) is 30.0 Å². The molecule has 2 aromatic carbocycles. The molecule has 1 N–H and O–H groups in total. The number of benzene rings is 2. The lowest BCUT2D eigenvalue weighted by molar-refractivity contribution is -0.155. The Balaban J connectivity index is 1.90. The molecule has 0 radical (unpaired) electrons. The second-order valence-corrected chi connectivity index (χ2v) is 6.08. The highest BCUT2D eigenvalue weighted by Gasteiger charge is 2.19. The standard InChI is InChI=1S/C21H21NO7/c1-13(24)16-5-4-6-17(10-16)22-21(26)14(2)29-20(25)12-28-18-8-7-15(11-23)9-19(18)27-3/h4-11,14H,12H2,1-3H3,(H,22,26)/t14-/m0/s1. The number of carbonyl (C=O) groups is 4. The van der Waals surface area contributed by atoms with E-state index in [2.05, 4.69) is 5.32 Å². The molecule has 0 bridgehead atoms. The molecule has 0 saturated carbocycles. The number of amides is 1. The molecule has 0 aliphatic rings. The van der Waals surface area contributed by atoms with Crippen LogP contribution in [-0.2, 0) is 14.3 Å². The smallest absolute Gasteiger partial charge is 0.344 e. The Kier molecular flexibility index (Phi) is 7.47. The van der Waals surface area contributed by atoms with Crippen LogP contribution in [0.4, 0.5) is 5.69 Å². The molecule has 0 aliphatic heterocycles. The van der Waals surface area contributed by atoms with Gasteiger partial charge in [-0.3, -0.25) is 14.4 Å². The fourth-order valence-electron chi connectivity index (χ4n) is 2.36. The van der Waals surface area contributed by atoms with Crippen molar-refractivity contribution in [1.29, 1.82) is 0 Å². The lowest BCUT2D eigenvalue weighted by Crippen LogP contribution is -2.31. The maximum absolute atomic E-state index is 12.2. The van der Waals surface area contributed by atoms with E-state index in [1.54, 1.807) is 18.2 Å². The zero-order valence-corrected chi connectivity index (χ0v) is 16.3. The van der Waals surface area contributed by atoms with E-state index >= 15 is 0 Å². The molecular formula is C21H21NO7. The van der Waals surface area contributed by atoms with Crippen LogP contribution in [0.3, 0.4) is 0 Å². The largest absolute Gasteiger partial charge is 0.493 e. The summed E-state index contributed by atoms with van der Waals surface area (Å²) in [6.45, 7) is 2.39. The van der Waals surface area contributed by atoms with Gasteiger partial charge >= 0.3 is 5.97 Å². The van der Waals surface area contributed by atoms with E-state index in [1.165, 1.54) is 45.2 Å². The molecule has 1 amide bonds. The van der Waals surface area contributed by atoms with Gasteiger partial charge in [0.25, 0.3) is 5.91 Å². The quantitative estimate of drug-likeness (QED) is 0.392. The van der Waals surface area contributed by atoms with Crippen molar-refractivity contribution in [2.24, 2.45) is 0 Å². The third-order valence-electron chi connectivity index (χ3n) is 3.88. The van der Waals surface area contributed by atoms with Gasteiger partial charge in [-0.05, 0) is 44.2 Å². The van der Waals surface area contributed by atoms with Crippen LogP contribution in [0.5, 0.6) is 11.5 Å². The Hall–Kier alpha value is -3.68. The molecular weight excluding hydrogens is 378 g/mol. The van der Waals surface area contributed by atoms with E-state index in [0.717, 1.165) is 0 Å². The van der Waals surface area contributed by atoms with Crippen molar-refractivity contribution in [2.75, 3.05) is 19.0 Å². The van der Waals surface area contributed by atoms with Crippen molar-refractivity contribution in [1.82, 2.24) is 0 Å². The minimum Gasteiger partial charge on any atom is -0.493 e. The first-order valence-electron chi connectivity index (χ1n) is 8.71. The Labute approximate surface area is 167 Å². The number of nitrogens with one attached hydrogen (secondary N) is 1. The molecule has 1 atom stereocenters. The van der Waals surface area contributed by atoms with Gasteiger partial charge in [-0.15, -0.1) is 0 Å². The number of anilines is 1. The van der Waals surface area contributed by atoms with Gasteiger partial charge in [-0.1, -0.05) is 12.1 Å². The van der Waals surface area contributed by atoms with Crippen LogP contribution < -0.4 is 14.8 Å². The van der Waals surface area contributed by atoms with Gasteiger partial charge in [-0.2, -0.15) is 0 Å². The van der Waals surface area contributed by atoms with Crippen molar-refractivity contribution >= 4 is 29.6 Å². The lowest BCUT2D eigenvalue weighted by atomic mass is 10.1.